The smallest absolute Gasteiger partial charge is 0.418 e. The van der Waals surface area contributed by atoms with Gasteiger partial charge in [0.1, 0.15) is 0 Å². The van der Waals surface area contributed by atoms with Crippen molar-refractivity contribution in [2.45, 2.75) is 6.92 Å². The summed E-state index contributed by atoms with van der Waals surface area (Å²) < 4.78 is 39.0. The highest BCUT2D eigenvalue weighted by molar-refractivity contribution is 6.50. The molecule has 0 spiro atoms. The van der Waals surface area contributed by atoms with E-state index in [0.717, 1.165) is 16.8 Å². The molecule has 0 aliphatic heterocycles. The van der Waals surface area contributed by atoms with Crippen molar-refractivity contribution in [2.75, 3.05) is 0 Å². The van der Waals surface area contributed by atoms with Gasteiger partial charge in [0.15, 0.2) is 4.98 Å². The van der Waals surface area contributed by atoms with Gasteiger partial charge in [-0.2, -0.15) is 0 Å². The van der Waals surface area contributed by atoms with Gasteiger partial charge in [-0.3, -0.25) is 4.98 Å². The number of hydrogen-bond donors (Lipinski definition) is 0. The third-order valence-corrected chi connectivity index (χ3v) is 2.20. The molecule has 0 amide bonds. The Labute approximate surface area is 113 Å². The maximum Gasteiger partial charge on any atom is 0.673 e. The lowest BCUT2D eigenvalue weighted by Gasteiger charge is -1.97. The first-order chi connectivity index (χ1) is 9.31. The van der Waals surface area contributed by atoms with Gasteiger partial charge in [0.25, 0.3) is 0 Å². The molecule has 0 atom stereocenters. The van der Waals surface area contributed by atoms with E-state index < -0.39 is 7.25 Å². The van der Waals surface area contributed by atoms with Crippen LogP contribution in [0.4, 0.5) is 23.0 Å². The second-order valence-corrected chi connectivity index (χ2v) is 3.83. The van der Waals surface area contributed by atoms with Crippen molar-refractivity contribution in [3.63, 3.8) is 0 Å². The highest BCUT2D eigenvalue weighted by Gasteiger charge is 2.20. The first kappa shape index (κ1) is 15.6. The average Bonchev–Trinajstić information content (AvgIpc) is 2.37. The predicted octanol–water partition coefficient (Wildman–Crippen LogP) is 4.84. The van der Waals surface area contributed by atoms with Gasteiger partial charge >= 0.3 is 12.9 Å². The van der Waals surface area contributed by atoms with Crippen molar-refractivity contribution in [2.24, 2.45) is 0 Å². The zero-order valence-electron chi connectivity index (χ0n) is 10.5. The normalized spacial score (nSPS) is 10.2. The Balaban J connectivity index is 0.000000347. The molecule has 0 aliphatic rings. The number of nitrogens with zero attached hydrogens (tertiary/aromatic N) is 3. The number of rotatable bonds is 1. The SMILES string of the molecule is Cc1ccc(-c2ccccn2)c([N+]#N)c1.F[B-](F)(F)F. The molecule has 0 aliphatic carbocycles. The van der Waals surface area contributed by atoms with Crippen molar-refractivity contribution < 1.29 is 17.3 Å². The largest absolute Gasteiger partial charge is 0.673 e. The van der Waals surface area contributed by atoms with Gasteiger partial charge in [0, 0.05) is 12.3 Å². The summed E-state index contributed by atoms with van der Waals surface area (Å²) >= 11 is 0. The molecule has 2 aromatic rings. The van der Waals surface area contributed by atoms with Crippen LogP contribution in [0.1, 0.15) is 5.56 Å². The van der Waals surface area contributed by atoms with Gasteiger partial charge in [0.05, 0.1) is 11.3 Å². The zero-order chi connectivity index (χ0) is 15.2. The van der Waals surface area contributed by atoms with Crippen LogP contribution in [-0.2, 0) is 0 Å². The van der Waals surface area contributed by atoms with Crippen LogP contribution in [0.2, 0.25) is 0 Å². The van der Waals surface area contributed by atoms with E-state index >= 15 is 0 Å². The molecule has 0 saturated carbocycles. The second-order valence-electron chi connectivity index (χ2n) is 3.83. The summed E-state index contributed by atoms with van der Waals surface area (Å²) in [5, 5.41) is 8.90. The summed E-state index contributed by atoms with van der Waals surface area (Å²) in [6.07, 6.45) is 1.72. The van der Waals surface area contributed by atoms with Crippen LogP contribution in [0.3, 0.4) is 0 Å². The Bertz CT molecular complexity index is 602. The van der Waals surface area contributed by atoms with Crippen LogP contribution < -0.4 is 0 Å². The maximum atomic E-state index is 9.75. The number of diazo groups is 1. The minimum Gasteiger partial charge on any atom is -0.418 e. The summed E-state index contributed by atoms with van der Waals surface area (Å²) in [6.45, 7) is 1.96. The van der Waals surface area contributed by atoms with Crippen LogP contribution in [0.5, 0.6) is 0 Å². The van der Waals surface area contributed by atoms with Crippen LogP contribution in [0.25, 0.3) is 16.2 Å². The summed E-state index contributed by atoms with van der Waals surface area (Å²) in [6, 6.07) is 11.4. The predicted molar refractivity (Wildman–Crippen MR) is 69.3 cm³/mol. The van der Waals surface area contributed by atoms with Crippen LogP contribution in [0, 0.1) is 12.3 Å². The Morgan fingerprint density at radius 3 is 2.25 bits per heavy atom. The molecule has 3 nitrogen and oxygen atoms in total. The van der Waals surface area contributed by atoms with E-state index in [4.69, 9.17) is 5.39 Å². The molecule has 0 saturated heterocycles. The minimum atomic E-state index is -6.00. The molecule has 1 aromatic heterocycles. The average molecular weight is 283 g/mol. The fraction of sp³-hybridized carbons (Fsp3) is 0.0833. The van der Waals surface area contributed by atoms with Gasteiger partial charge in [-0.1, -0.05) is 12.1 Å². The molecule has 8 heteroatoms. The Hall–Kier alpha value is -2.43. The Kier molecular flexibility index (Phi) is 5.20. The van der Waals surface area contributed by atoms with Crippen LogP contribution in [0.15, 0.2) is 42.6 Å². The van der Waals surface area contributed by atoms with Crippen molar-refractivity contribution in [1.29, 1.82) is 5.39 Å². The molecule has 0 N–H and O–H groups in total. The fourth-order valence-corrected chi connectivity index (χ4v) is 1.46. The topological polar surface area (TPSA) is 41.0 Å². The van der Waals surface area contributed by atoms with Gasteiger partial charge in [-0.25, -0.2) is 0 Å². The maximum absolute atomic E-state index is 9.75. The van der Waals surface area contributed by atoms with E-state index in [0.29, 0.717) is 5.69 Å². The molecule has 0 unspecified atom stereocenters. The number of hydrogen-bond acceptors (Lipinski definition) is 2. The van der Waals surface area contributed by atoms with Crippen molar-refractivity contribution in [3.8, 4) is 11.3 Å². The third-order valence-electron chi connectivity index (χ3n) is 2.20. The molecule has 104 valence electrons. The number of pyridine rings is 1. The van der Waals surface area contributed by atoms with Gasteiger partial charge in [0.2, 0.25) is 5.39 Å². The van der Waals surface area contributed by atoms with E-state index in [1.807, 2.05) is 43.3 Å². The van der Waals surface area contributed by atoms with Crippen molar-refractivity contribution in [1.82, 2.24) is 4.98 Å². The standard InChI is InChI=1S/C12H10N3.BF4/c1-9-5-6-10(12(8-9)15-13)11-4-2-3-7-14-11;2-1(3,4)5/h2-8H,1H3;/q+1;-1. The first-order valence-electron chi connectivity index (χ1n) is 5.55. The zero-order valence-corrected chi connectivity index (χ0v) is 10.5. The van der Waals surface area contributed by atoms with Crippen LogP contribution in [-0.4, -0.2) is 12.2 Å². The van der Waals surface area contributed by atoms with E-state index in [1.54, 1.807) is 6.20 Å². The van der Waals surface area contributed by atoms with Crippen molar-refractivity contribution >= 4 is 12.9 Å². The lowest BCUT2D eigenvalue weighted by Crippen LogP contribution is -2.02. The fourth-order valence-electron chi connectivity index (χ4n) is 1.46. The lowest BCUT2D eigenvalue weighted by atomic mass is 10.1. The highest BCUT2D eigenvalue weighted by Crippen LogP contribution is 2.29. The monoisotopic (exact) mass is 283 g/mol. The van der Waals surface area contributed by atoms with Gasteiger partial charge in [-0.05, 0) is 30.7 Å². The second kappa shape index (κ2) is 6.66. The summed E-state index contributed by atoms with van der Waals surface area (Å²) in [5.74, 6) is 0. The molecule has 0 radical (unpaired) electrons. The van der Waals surface area contributed by atoms with E-state index in [9.17, 15) is 17.3 Å². The summed E-state index contributed by atoms with van der Waals surface area (Å²) in [7, 11) is -6.00. The summed E-state index contributed by atoms with van der Waals surface area (Å²) in [5.41, 5.74) is 3.25. The molecule has 0 bridgehead atoms. The Morgan fingerprint density at radius 2 is 1.75 bits per heavy atom. The highest BCUT2D eigenvalue weighted by atomic mass is 19.5. The van der Waals surface area contributed by atoms with Crippen molar-refractivity contribution in [3.05, 3.63) is 53.1 Å². The van der Waals surface area contributed by atoms with Gasteiger partial charge in [-0.15, -0.1) is 0 Å². The van der Waals surface area contributed by atoms with E-state index in [1.165, 1.54) is 0 Å². The molecular formula is C12H10BF4N3. The Morgan fingerprint density at radius 1 is 1.10 bits per heavy atom. The molecule has 20 heavy (non-hydrogen) atoms. The van der Waals surface area contributed by atoms with Gasteiger partial charge < -0.3 is 17.3 Å². The molecule has 1 heterocycles. The molecule has 0 fully saturated rings. The molecule has 2 rings (SSSR count). The number of halogens is 4. The van der Waals surface area contributed by atoms with Crippen LogP contribution >= 0.6 is 0 Å². The van der Waals surface area contributed by atoms with E-state index in [-0.39, 0.29) is 0 Å². The number of benzene rings is 1. The number of aromatic nitrogens is 1. The summed E-state index contributed by atoms with van der Waals surface area (Å²) in [4.78, 5) is 7.48. The minimum absolute atomic E-state index is 0.550. The lowest BCUT2D eigenvalue weighted by molar-refractivity contribution is 0.368. The van der Waals surface area contributed by atoms with E-state index in [2.05, 4.69) is 9.96 Å². The molecular weight excluding hydrogens is 273 g/mol. The molecule has 1 aromatic carbocycles. The quantitative estimate of drug-likeness (QED) is 0.426. The number of aryl methyl sites for hydroxylation is 1. The third kappa shape index (κ3) is 5.48. The first-order valence-corrected chi connectivity index (χ1v) is 5.55.